The molecule has 7 heteroatoms. The summed E-state index contributed by atoms with van der Waals surface area (Å²) in [6, 6.07) is 5.80. The van der Waals surface area contributed by atoms with Gasteiger partial charge in [-0.05, 0) is 68.7 Å². The van der Waals surface area contributed by atoms with Crippen molar-refractivity contribution >= 4 is 11.8 Å². The molecule has 5 atom stereocenters. The molecule has 32 heavy (non-hydrogen) atoms. The Balaban J connectivity index is 1.15. The third-order valence-corrected chi connectivity index (χ3v) is 7.85. The molecule has 4 aliphatic heterocycles. The van der Waals surface area contributed by atoms with Crippen molar-refractivity contribution < 1.29 is 19.1 Å². The second-order valence-corrected chi connectivity index (χ2v) is 9.97. The third kappa shape index (κ3) is 3.52. The quantitative estimate of drug-likeness (QED) is 0.784. The Kier molecular flexibility index (Phi) is 4.99. The molecule has 3 unspecified atom stereocenters. The number of carbonyl (C=O) groups is 2. The highest BCUT2D eigenvalue weighted by atomic mass is 16.5. The molecular formula is C25H31N3O4. The lowest BCUT2D eigenvalue weighted by molar-refractivity contribution is -0.126. The van der Waals surface area contributed by atoms with Gasteiger partial charge in [0.15, 0.2) is 0 Å². The van der Waals surface area contributed by atoms with Gasteiger partial charge in [0.05, 0.1) is 12.2 Å². The first-order valence-corrected chi connectivity index (χ1v) is 12.0. The maximum Gasteiger partial charge on any atom is 0.255 e. The monoisotopic (exact) mass is 437 g/mol. The predicted molar refractivity (Wildman–Crippen MR) is 118 cm³/mol. The van der Waals surface area contributed by atoms with Crippen LogP contribution in [0, 0.1) is 0 Å². The minimum atomic E-state index is -0.430. The first-order valence-electron chi connectivity index (χ1n) is 12.0. The highest BCUT2D eigenvalue weighted by molar-refractivity contribution is 6.01. The molecule has 1 aliphatic carbocycles. The van der Waals surface area contributed by atoms with Crippen molar-refractivity contribution in [3.05, 3.63) is 41.6 Å². The number of piperidine rings is 1. The van der Waals surface area contributed by atoms with E-state index in [1.807, 2.05) is 18.2 Å². The molecule has 1 N–H and O–H groups in total. The molecule has 3 saturated heterocycles. The lowest BCUT2D eigenvalue weighted by atomic mass is 10.0. The fourth-order valence-corrected chi connectivity index (χ4v) is 6.26. The van der Waals surface area contributed by atoms with Crippen molar-refractivity contribution in [3.63, 3.8) is 0 Å². The first kappa shape index (κ1) is 20.2. The van der Waals surface area contributed by atoms with Crippen molar-refractivity contribution in [2.75, 3.05) is 13.1 Å². The molecule has 1 saturated carbocycles. The van der Waals surface area contributed by atoms with E-state index in [1.165, 1.54) is 25.7 Å². The minimum Gasteiger partial charge on any atom is -0.489 e. The van der Waals surface area contributed by atoms with Gasteiger partial charge in [0.1, 0.15) is 17.9 Å². The third-order valence-electron chi connectivity index (χ3n) is 7.85. The number of morpholine rings is 1. The van der Waals surface area contributed by atoms with Crippen LogP contribution in [-0.4, -0.2) is 65.1 Å². The zero-order chi connectivity index (χ0) is 21.8. The lowest BCUT2D eigenvalue weighted by Crippen LogP contribution is -2.51. The second kappa shape index (κ2) is 7.89. The number of rotatable bonds is 4. The van der Waals surface area contributed by atoms with Gasteiger partial charge in [0.2, 0.25) is 5.91 Å². The largest absolute Gasteiger partial charge is 0.489 e. The van der Waals surface area contributed by atoms with E-state index in [9.17, 15) is 9.59 Å². The topological polar surface area (TPSA) is 71.1 Å². The smallest absolute Gasteiger partial charge is 0.255 e. The van der Waals surface area contributed by atoms with E-state index in [2.05, 4.69) is 16.8 Å². The van der Waals surface area contributed by atoms with Crippen LogP contribution in [0.1, 0.15) is 60.9 Å². The van der Waals surface area contributed by atoms with Crippen LogP contribution in [0.4, 0.5) is 0 Å². The molecule has 2 bridgehead atoms. The van der Waals surface area contributed by atoms with E-state index in [4.69, 9.17) is 9.47 Å². The predicted octanol–water partition coefficient (Wildman–Crippen LogP) is 2.60. The van der Waals surface area contributed by atoms with Crippen molar-refractivity contribution in [3.8, 4) is 5.75 Å². The van der Waals surface area contributed by atoms with Gasteiger partial charge in [0, 0.05) is 36.9 Å². The molecule has 1 aromatic rings. The molecular weight excluding hydrogens is 406 g/mol. The zero-order valence-electron chi connectivity index (χ0n) is 18.4. The van der Waals surface area contributed by atoms with Crippen LogP contribution < -0.4 is 10.1 Å². The van der Waals surface area contributed by atoms with Crippen LogP contribution in [0.25, 0.3) is 0 Å². The molecule has 5 aliphatic rings. The SMILES string of the molecule is C=C1CCC(N2Cc3cc(O[C@H]4CCC[C@@H]4N4CC5CCC(C4)O5)ccc3C2=O)C(=O)N1. The number of ether oxygens (including phenoxy) is 2. The summed E-state index contributed by atoms with van der Waals surface area (Å²) in [4.78, 5) is 29.7. The van der Waals surface area contributed by atoms with Gasteiger partial charge < -0.3 is 19.7 Å². The van der Waals surface area contributed by atoms with Gasteiger partial charge in [-0.1, -0.05) is 6.58 Å². The Hall–Kier alpha value is -2.38. The van der Waals surface area contributed by atoms with Gasteiger partial charge in [0.25, 0.3) is 5.91 Å². The van der Waals surface area contributed by atoms with Crippen molar-refractivity contribution in [1.29, 1.82) is 0 Å². The van der Waals surface area contributed by atoms with Crippen LogP contribution in [0.5, 0.6) is 5.75 Å². The number of likely N-dealkylation sites (tertiary alicyclic amines) is 1. The van der Waals surface area contributed by atoms with Gasteiger partial charge in [-0.3, -0.25) is 14.5 Å². The molecule has 4 fully saturated rings. The Morgan fingerprint density at radius 3 is 2.66 bits per heavy atom. The number of carbonyl (C=O) groups excluding carboxylic acids is 2. The molecule has 7 nitrogen and oxygen atoms in total. The van der Waals surface area contributed by atoms with Gasteiger partial charge in [-0.2, -0.15) is 0 Å². The lowest BCUT2D eigenvalue weighted by Gasteiger charge is -2.38. The van der Waals surface area contributed by atoms with Gasteiger partial charge in [-0.25, -0.2) is 0 Å². The number of nitrogens with zero attached hydrogens (tertiary/aromatic N) is 2. The number of hydrogen-bond acceptors (Lipinski definition) is 5. The fourth-order valence-electron chi connectivity index (χ4n) is 6.26. The van der Waals surface area contributed by atoms with E-state index in [0.29, 0.717) is 43.2 Å². The highest BCUT2D eigenvalue weighted by Crippen LogP contribution is 2.36. The maximum atomic E-state index is 13.0. The molecule has 1 aromatic carbocycles. The minimum absolute atomic E-state index is 0.0678. The molecule has 2 amide bonds. The average Bonchev–Trinajstić information content (AvgIpc) is 3.46. The van der Waals surface area contributed by atoms with E-state index in [0.717, 1.165) is 36.5 Å². The van der Waals surface area contributed by atoms with Crippen LogP contribution in [0.2, 0.25) is 0 Å². The Labute approximate surface area is 188 Å². The van der Waals surface area contributed by atoms with Gasteiger partial charge >= 0.3 is 0 Å². The van der Waals surface area contributed by atoms with Crippen LogP contribution in [-0.2, 0) is 16.1 Å². The highest BCUT2D eigenvalue weighted by Gasteiger charge is 2.42. The van der Waals surface area contributed by atoms with E-state index >= 15 is 0 Å². The number of amides is 2. The second-order valence-electron chi connectivity index (χ2n) is 9.97. The summed E-state index contributed by atoms with van der Waals surface area (Å²) < 4.78 is 12.5. The summed E-state index contributed by atoms with van der Waals surface area (Å²) in [5.41, 5.74) is 2.36. The van der Waals surface area contributed by atoms with E-state index in [-0.39, 0.29) is 17.9 Å². The number of nitrogens with one attached hydrogen (secondary N) is 1. The summed E-state index contributed by atoms with van der Waals surface area (Å²) in [6.07, 6.45) is 8.06. The van der Waals surface area contributed by atoms with Crippen molar-refractivity contribution in [1.82, 2.24) is 15.1 Å². The molecule has 6 rings (SSSR count). The maximum absolute atomic E-state index is 13.0. The zero-order valence-corrected chi connectivity index (χ0v) is 18.4. The molecule has 0 spiro atoms. The van der Waals surface area contributed by atoms with Crippen LogP contribution >= 0.6 is 0 Å². The Morgan fingerprint density at radius 2 is 1.88 bits per heavy atom. The Morgan fingerprint density at radius 1 is 1.06 bits per heavy atom. The summed E-state index contributed by atoms with van der Waals surface area (Å²) in [5, 5.41) is 2.79. The first-order chi connectivity index (χ1) is 15.5. The number of hydrogen-bond donors (Lipinski definition) is 1. The van der Waals surface area contributed by atoms with Crippen LogP contribution in [0.15, 0.2) is 30.5 Å². The molecule has 0 aromatic heterocycles. The normalized spacial score (nSPS) is 34.7. The molecule has 4 heterocycles. The summed E-state index contributed by atoms with van der Waals surface area (Å²) >= 11 is 0. The molecule has 170 valence electrons. The summed E-state index contributed by atoms with van der Waals surface area (Å²) in [5.74, 6) is 0.627. The average molecular weight is 438 g/mol. The van der Waals surface area contributed by atoms with E-state index < -0.39 is 6.04 Å². The molecule has 0 radical (unpaired) electrons. The van der Waals surface area contributed by atoms with Crippen molar-refractivity contribution in [2.45, 2.75) is 81.9 Å². The number of fused-ring (bicyclic) bond motifs is 3. The number of benzene rings is 1. The standard InChI is InChI=1S/C25H31N3O4/c1-15-5-10-22(24(29)26-15)28-12-16-11-17(8-9-20(16)25(28)30)32-23-4-2-3-21(23)27-13-18-6-7-19(14-27)31-18/h8-9,11,18-19,21-23H,1-7,10,12-14H2,(H,26,29)/t18?,19?,21-,22?,23-/m0/s1. The Bertz CT molecular complexity index is 951. The van der Waals surface area contributed by atoms with Crippen LogP contribution in [0.3, 0.4) is 0 Å². The van der Waals surface area contributed by atoms with E-state index in [1.54, 1.807) is 4.90 Å². The summed E-state index contributed by atoms with van der Waals surface area (Å²) in [6.45, 7) is 6.33. The summed E-state index contributed by atoms with van der Waals surface area (Å²) in [7, 11) is 0. The fraction of sp³-hybridized carbons (Fsp3) is 0.600. The van der Waals surface area contributed by atoms with Gasteiger partial charge in [-0.15, -0.1) is 0 Å². The van der Waals surface area contributed by atoms with Crippen molar-refractivity contribution in [2.24, 2.45) is 0 Å². The number of allylic oxidation sites excluding steroid dienone is 1.